The van der Waals surface area contributed by atoms with E-state index in [0.717, 1.165) is 18.4 Å². The number of rotatable bonds is 7. The second kappa shape index (κ2) is 8.45. The topological polar surface area (TPSA) is 113 Å². The van der Waals surface area contributed by atoms with E-state index in [1.165, 1.54) is 16.4 Å². The van der Waals surface area contributed by atoms with Gasteiger partial charge in [0.1, 0.15) is 11.6 Å². The van der Waals surface area contributed by atoms with Gasteiger partial charge in [-0.2, -0.15) is 0 Å². The van der Waals surface area contributed by atoms with Crippen molar-refractivity contribution in [2.24, 2.45) is 5.92 Å². The number of amides is 1. The molecule has 0 bridgehead atoms. The molecule has 2 N–H and O–H groups in total. The van der Waals surface area contributed by atoms with E-state index in [-0.39, 0.29) is 37.2 Å². The first-order valence-corrected chi connectivity index (χ1v) is 9.89. The second-order valence-electron chi connectivity index (χ2n) is 6.08. The zero-order chi connectivity index (χ0) is 19.3. The van der Waals surface area contributed by atoms with Crippen LogP contribution in [0.5, 0.6) is 5.75 Å². The SMILES string of the molecule is CS(=O)(=O)N1CCC(C(=O)NCC(Oc2ccc(F)cc2)C(=O)O)CC1. The molecule has 1 fully saturated rings. The van der Waals surface area contributed by atoms with Crippen molar-refractivity contribution in [1.29, 1.82) is 0 Å². The molecule has 0 aromatic heterocycles. The van der Waals surface area contributed by atoms with E-state index < -0.39 is 27.9 Å². The lowest BCUT2D eigenvalue weighted by Crippen LogP contribution is -2.46. The van der Waals surface area contributed by atoms with E-state index in [4.69, 9.17) is 4.74 Å². The first kappa shape index (κ1) is 20.1. The number of piperidine rings is 1. The molecule has 1 aliphatic rings. The number of carbonyl (C=O) groups is 2. The van der Waals surface area contributed by atoms with Crippen molar-refractivity contribution < 1.29 is 32.2 Å². The van der Waals surface area contributed by atoms with Crippen LogP contribution in [-0.2, 0) is 19.6 Å². The zero-order valence-corrected chi connectivity index (χ0v) is 15.0. The molecular formula is C16H21FN2O6S. The zero-order valence-electron chi connectivity index (χ0n) is 14.2. The summed E-state index contributed by atoms with van der Waals surface area (Å²) in [5.41, 5.74) is 0. The van der Waals surface area contributed by atoms with Crippen molar-refractivity contribution in [3.05, 3.63) is 30.1 Å². The van der Waals surface area contributed by atoms with Crippen LogP contribution in [0.2, 0.25) is 0 Å². The number of sulfonamides is 1. The van der Waals surface area contributed by atoms with Gasteiger partial charge >= 0.3 is 5.97 Å². The summed E-state index contributed by atoms with van der Waals surface area (Å²) < 4.78 is 42.4. The van der Waals surface area contributed by atoms with Gasteiger partial charge in [-0.1, -0.05) is 0 Å². The molecule has 2 rings (SSSR count). The highest BCUT2D eigenvalue weighted by Gasteiger charge is 2.30. The molecule has 26 heavy (non-hydrogen) atoms. The lowest BCUT2D eigenvalue weighted by molar-refractivity contribution is -0.145. The van der Waals surface area contributed by atoms with E-state index in [9.17, 15) is 27.5 Å². The Morgan fingerprint density at radius 1 is 1.31 bits per heavy atom. The summed E-state index contributed by atoms with van der Waals surface area (Å²) in [5, 5.41) is 11.7. The van der Waals surface area contributed by atoms with Gasteiger partial charge in [-0.3, -0.25) is 4.79 Å². The maximum Gasteiger partial charge on any atom is 0.346 e. The van der Waals surface area contributed by atoms with Gasteiger partial charge in [-0.25, -0.2) is 21.9 Å². The Hall–Kier alpha value is -2.20. The third-order valence-electron chi connectivity index (χ3n) is 4.12. The van der Waals surface area contributed by atoms with Crippen molar-refractivity contribution in [2.45, 2.75) is 18.9 Å². The van der Waals surface area contributed by atoms with Gasteiger partial charge in [-0.15, -0.1) is 0 Å². The monoisotopic (exact) mass is 388 g/mol. The maximum absolute atomic E-state index is 12.9. The summed E-state index contributed by atoms with van der Waals surface area (Å²) in [5.74, 6) is -2.28. The highest BCUT2D eigenvalue weighted by Crippen LogP contribution is 2.19. The average molecular weight is 388 g/mol. The van der Waals surface area contributed by atoms with Crippen molar-refractivity contribution in [2.75, 3.05) is 25.9 Å². The molecule has 0 aliphatic carbocycles. The van der Waals surface area contributed by atoms with E-state index in [1.54, 1.807) is 0 Å². The van der Waals surface area contributed by atoms with Gasteiger partial charge in [0.05, 0.1) is 12.8 Å². The molecule has 8 nitrogen and oxygen atoms in total. The molecule has 1 aliphatic heterocycles. The average Bonchev–Trinajstić information content (AvgIpc) is 2.59. The smallest absolute Gasteiger partial charge is 0.346 e. The van der Waals surface area contributed by atoms with E-state index in [0.29, 0.717) is 12.8 Å². The molecule has 1 atom stereocenters. The molecule has 144 valence electrons. The van der Waals surface area contributed by atoms with E-state index in [1.807, 2.05) is 0 Å². The number of carbonyl (C=O) groups excluding carboxylic acids is 1. The van der Waals surface area contributed by atoms with Crippen LogP contribution in [0.1, 0.15) is 12.8 Å². The lowest BCUT2D eigenvalue weighted by atomic mass is 9.97. The number of carboxylic acids is 1. The maximum atomic E-state index is 12.9. The number of hydrogen-bond donors (Lipinski definition) is 2. The number of carboxylic acid groups (broad SMARTS) is 1. The predicted molar refractivity (Wildman–Crippen MR) is 90.6 cm³/mol. The summed E-state index contributed by atoms with van der Waals surface area (Å²) in [6.45, 7) is 0.258. The fraction of sp³-hybridized carbons (Fsp3) is 0.500. The Kier molecular flexibility index (Phi) is 6.54. The molecule has 1 aromatic carbocycles. The Bertz CT molecular complexity index is 745. The molecule has 1 heterocycles. The van der Waals surface area contributed by atoms with E-state index in [2.05, 4.69) is 5.32 Å². The van der Waals surface area contributed by atoms with Crippen molar-refractivity contribution in [1.82, 2.24) is 9.62 Å². The van der Waals surface area contributed by atoms with Crippen LogP contribution >= 0.6 is 0 Å². The number of nitrogens with one attached hydrogen (secondary N) is 1. The van der Waals surface area contributed by atoms with Crippen LogP contribution in [0, 0.1) is 11.7 Å². The summed E-state index contributed by atoms with van der Waals surface area (Å²) >= 11 is 0. The van der Waals surface area contributed by atoms with Crippen LogP contribution in [0.3, 0.4) is 0 Å². The second-order valence-corrected chi connectivity index (χ2v) is 8.06. The third kappa shape index (κ3) is 5.67. The normalized spacial score (nSPS) is 17.5. The Labute approximate surface area is 151 Å². The molecule has 1 aromatic rings. The number of benzene rings is 1. The van der Waals surface area contributed by atoms with Gasteiger partial charge in [0.25, 0.3) is 0 Å². The quantitative estimate of drug-likeness (QED) is 0.701. The fourth-order valence-corrected chi connectivity index (χ4v) is 3.52. The summed E-state index contributed by atoms with van der Waals surface area (Å²) in [4.78, 5) is 23.5. The van der Waals surface area contributed by atoms with Gasteiger partial charge in [0.15, 0.2) is 0 Å². The van der Waals surface area contributed by atoms with Crippen molar-refractivity contribution >= 4 is 21.9 Å². The van der Waals surface area contributed by atoms with Gasteiger partial charge in [0.2, 0.25) is 22.0 Å². The van der Waals surface area contributed by atoms with Gasteiger partial charge in [0, 0.05) is 19.0 Å². The summed E-state index contributed by atoms with van der Waals surface area (Å²) in [7, 11) is -3.27. The Morgan fingerprint density at radius 2 is 1.88 bits per heavy atom. The minimum absolute atomic E-state index is 0.175. The molecule has 10 heteroatoms. The van der Waals surface area contributed by atoms with Gasteiger partial charge in [-0.05, 0) is 37.1 Å². The minimum Gasteiger partial charge on any atom is -0.478 e. The number of hydrogen-bond acceptors (Lipinski definition) is 5. The van der Waals surface area contributed by atoms with Crippen LogP contribution in [-0.4, -0.2) is 61.7 Å². The highest BCUT2D eigenvalue weighted by molar-refractivity contribution is 7.88. The van der Waals surface area contributed by atoms with Crippen LogP contribution in [0.15, 0.2) is 24.3 Å². The number of ether oxygens (including phenoxy) is 1. The van der Waals surface area contributed by atoms with Crippen molar-refractivity contribution in [3.63, 3.8) is 0 Å². The first-order valence-electron chi connectivity index (χ1n) is 8.04. The fourth-order valence-electron chi connectivity index (χ4n) is 2.64. The molecule has 1 amide bonds. The highest BCUT2D eigenvalue weighted by atomic mass is 32.2. The summed E-state index contributed by atoms with van der Waals surface area (Å²) in [6.07, 6.45) is 0.545. The van der Waals surface area contributed by atoms with Gasteiger partial charge < -0.3 is 15.2 Å². The molecule has 1 unspecified atom stereocenters. The van der Waals surface area contributed by atoms with Crippen LogP contribution < -0.4 is 10.1 Å². The minimum atomic E-state index is -3.27. The number of halogens is 1. The van der Waals surface area contributed by atoms with Crippen LogP contribution in [0.25, 0.3) is 0 Å². The lowest BCUT2D eigenvalue weighted by Gasteiger charge is -2.29. The molecule has 0 radical (unpaired) electrons. The van der Waals surface area contributed by atoms with Crippen LogP contribution in [0.4, 0.5) is 4.39 Å². The largest absolute Gasteiger partial charge is 0.478 e. The summed E-state index contributed by atoms with van der Waals surface area (Å²) in [6, 6.07) is 4.88. The van der Waals surface area contributed by atoms with E-state index >= 15 is 0 Å². The standard InChI is InChI=1S/C16H21FN2O6S/c1-26(23,24)19-8-6-11(7-9-19)15(20)18-10-14(16(21)22)25-13-4-2-12(17)3-5-13/h2-5,11,14H,6-10H2,1H3,(H,18,20)(H,21,22). The van der Waals surface area contributed by atoms with Crippen molar-refractivity contribution in [3.8, 4) is 5.75 Å². The molecule has 0 saturated carbocycles. The molecule has 0 spiro atoms. The Balaban J connectivity index is 1.86. The molecular weight excluding hydrogens is 367 g/mol. The predicted octanol–water partition coefficient (Wildman–Crippen LogP) is 0.446. The number of aliphatic carboxylic acids is 1. The Morgan fingerprint density at radius 3 is 2.38 bits per heavy atom. The first-order chi connectivity index (χ1) is 12.2. The number of nitrogens with zero attached hydrogens (tertiary/aromatic N) is 1. The third-order valence-corrected chi connectivity index (χ3v) is 5.43. The molecule has 1 saturated heterocycles.